The highest BCUT2D eigenvalue weighted by Crippen LogP contribution is 2.39. The van der Waals surface area contributed by atoms with Gasteiger partial charge in [0.1, 0.15) is 11.5 Å². The van der Waals surface area contributed by atoms with E-state index >= 15 is 0 Å². The number of benzene rings is 4. The van der Waals surface area contributed by atoms with Crippen LogP contribution in [-0.4, -0.2) is 37.5 Å². The number of Topliss-reactive ketones (excluding diaryl/α,β-unsaturated/α-hetero) is 2. The van der Waals surface area contributed by atoms with Gasteiger partial charge in [-0.1, -0.05) is 98.5 Å². The van der Waals surface area contributed by atoms with Crippen LogP contribution in [0.1, 0.15) is 122 Å². The molecule has 2 aliphatic carbocycles. The molecule has 6 rings (SSSR count). The second kappa shape index (κ2) is 21.4. The van der Waals surface area contributed by atoms with Crippen molar-refractivity contribution in [3.05, 3.63) is 140 Å². The fraction of sp³-hybridized carbons (Fsp3) is 0.423. The van der Waals surface area contributed by atoms with Gasteiger partial charge in [0.05, 0.1) is 21.9 Å². The van der Waals surface area contributed by atoms with Crippen LogP contribution in [-0.2, 0) is 46.1 Å². The Kier molecular flexibility index (Phi) is 16.6. The van der Waals surface area contributed by atoms with Gasteiger partial charge in [-0.3, -0.25) is 13.8 Å². The van der Waals surface area contributed by atoms with E-state index in [4.69, 9.17) is 0 Å². The van der Waals surface area contributed by atoms with Gasteiger partial charge in [0.2, 0.25) is 0 Å². The average molecular weight is 833 g/mol. The Morgan fingerprint density at radius 1 is 0.559 bits per heavy atom. The Morgan fingerprint density at radius 3 is 1.34 bits per heavy atom. The highest BCUT2D eigenvalue weighted by atomic mass is 32.2. The lowest BCUT2D eigenvalue weighted by Crippen LogP contribution is -2.22. The number of rotatable bonds is 14. The first kappa shape index (κ1) is 45.9. The summed E-state index contributed by atoms with van der Waals surface area (Å²) in [5, 5.41) is 21.7. The van der Waals surface area contributed by atoms with Crippen LogP contribution in [0.5, 0.6) is 0 Å². The van der Waals surface area contributed by atoms with Crippen molar-refractivity contribution in [3.8, 4) is 0 Å². The first-order chi connectivity index (χ1) is 28.3. The minimum atomic E-state index is -1.08. The Balaban J connectivity index is 0.000000224. The van der Waals surface area contributed by atoms with E-state index in [2.05, 4.69) is 97.0 Å². The van der Waals surface area contributed by atoms with Crippen molar-refractivity contribution < 1.29 is 24.0 Å². The third-order valence-electron chi connectivity index (χ3n) is 11.8. The molecule has 0 radical (unpaired) electrons. The molecule has 3 atom stereocenters. The maximum Gasteiger partial charge on any atom is 0.167 e. The molecule has 2 aliphatic rings. The van der Waals surface area contributed by atoms with Gasteiger partial charge < -0.3 is 10.2 Å². The summed E-state index contributed by atoms with van der Waals surface area (Å²) in [4.78, 5) is 28.3. The zero-order valence-electron chi connectivity index (χ0n) is 36.5. The van der Waals surface area contributed by atoms with Gasteiger partial charge in [-0.15, -0.1) is 11.8 Å². The largest absolute Gasteiger partial charge is 0.512 e. The summed E-state index contributed by atoms with van der Waals surface area (Å²) >= 11 is 1.83. The zero-order valence-corrected chi connectivity index (χ0v) is 38.1. The topological polar surface area (TPSA) is 91.7 Å². The van der Waals surface area contributed by atoms with Gasteiger partial charge in [-0.25, -0.2) is 0 Å². The molecule has 4 aromatic carbocycles. The smallest absolute Gasteiger partial charge is 0.167 e. The molecule has 7 heteroatoms. The summed E-state index contributed by atoms with van der Waals surface area (Å²) < 4.78 is 12.6. The van der Waals surface area contributed by atoms with E-state index in [1.807, 2.05) is 43.0 Å². The number of aryl methyl sites for hydroxylation is 8. The fourth-order valence-electron chi connectivity index (χ4n) is 8.62. The first-order valence-electron chi connectivity index (χ1n) is 21.6. The van der Waals surface area contributed by atoms with Crippen molar-refractivity contribution >= 4 is 45.3 Å². The van der Waals surface area contributed by atoms with E-state index in [1.165, 1.54) is 32.7 Å². The SMILES string of the molecule is CCc1cc(C)cc(CC)c1C1=C(O)CC(CCS(=O)c2ccc(C)cc2)CC1=O.CCc1cc(C)cc(CC)c1C1=C(O)CC(CCSc2ccc(C)cc2)CC1=O. The first-order valence-corrected chi connectivity index (χ1v) is 23.9. The molecule has 0 heterocycles. The van der Waals surface area contributed by atoms with Crippen LogP contribution in [0.25, 0.3) is 11.1 Å². The number of ketones is 2. The van der Waals surface area contributed by atoms with Crippen LogP contribution in [0.2, 0.25) is 0 Å². The van der Waals surface area contributed by atoms with E-state index in [-0.39, 0.29) is 29.2 Å². The zero-order chi connectivity index (χ0) is 42.8. The molecule has 314 valence electrons. The van der Waals surface area contributed by atoms with Gasteiger partial charge in [0.15, 0.2) is 11.6 Å². The second-order valence-corrected chi connectivity index (χ2v) is 19.2. The summed E-state index contributed by atoms with van der Waals surface area (Å²) in [6.07, 6.45) is 7.02. The molecule has 0 bridgehead atoms. The monoisotopic (exact) mass is 832 g/mol. The highest BCUT2D eigenvalue weighted by Gasteiger charge is 2.32. The molecule has 0 aliphatic heterocycles. The lowest BCUT2D eigenvalue weighted by atomic mass is 9.79. The molecular weight excluding hydrogens is 769 g/mol. The molecule has 3 unspecified atom stereocenters. The van der Waals surface area contributed by atoms with Crippen molar-refractivity contribution in [2.45, 2.75) is 129 Å². The summed E-state index contributed by atoms with van der Waals surface area (Å²) in [6.45, 7) is 16.7. The number of aliphatic hydroxyl groups is 2. The molecule has 5 nitrogen and oxygen atoms in total. The maximum absolute atomic E-state index is 13.1. The average Bonchev–Trinajstić information content (AvgIpc) is 3.21. The lowest BCUT2D eigenvalue weighted by molar-refractivity contribution is -0.116. The predicted molar refractivity (Wildman–Crippen MR) is 248 cm³/mol. The number of carbonyl (C=O) groups is 2. The molecule has 0 saturated heterocycles. The number of carbonyl (C=O) groups excluding carboxylic acids is 2. The second-order valence-electron chi connectivity index (χ2n) is 16.5. The van der Waals surface area contributed by atoms with Crippen LogP contribution in [0.3, 0.4) is 0 Å². The Bertz CT molecular complexity index is 2160. The number of hydrogen-bond acceptors (Lipinski definition) is 6. The van der Waals surface area contributed by atoms with E-state index < -0.39 is 10.8 Å². The molecule has 2 N–H and O–H groups in total. The number of hydrogen-bond donors (Lipinski definition) is 2. The minimum Gasteiger partial charge on any atom is -0.512 e. The predicted octanol–water partition coefficient (Wildman–Crippen LogP) is 12.7. The molecule has 59 heavy (non-hydrogen) atoms. The van der Waals surface area contributed by atoms with Crippen molar-refractivity contribution in [2.75, 3.05) is 11.5 Å². The van der Waals surface area contributed by atoms with E-state index in [0.29, 0.717) is 54.8 Å². The molecule has 4 aromatic rings. The Hall–Kier alpha value is -4.20. The fourth-order valence-corrected chi connectivity index (χ4v) is 10.9. The molecule has 0 saturated carbocycles. The minimum absolute atomic E-state index is 0.0121. The van der Waals surface area contributed by atoms with Crippen molar-refractivity contribution in [2.24, 2.45) is 11.8 Å². The van der Waals surface area contributed by atoms with E-state index in [1.54, 1.807) is 0 Å². The lowest BCUT2D eigenvalue weighted by Gasteiger charge is -2.26. The summed E-state index contributed by atoms with van der Waals surface area (Å²) in [7, 11) is -1.08. The van der Waals surface area contributed by atoms with Crippen molar-refractivity contribution in [1.29, 1.82) is 0 Å². The third-order valence-corrected chi connectivity index (χ3v) is 14.2. The standard InChI is InChI=1S/C26H32O3S.C26H32O2S/c1-5-20-13-18(4)14-21(6-2)25(20)26-23(27)15-19(16-24(26)28)11-12-30(29)22-9-7-17(3)8-10-22;1-5-20-13-18(4)14-21(6-2)25(20)26-23(27)15-19(16-24(26)28)11-12-29-22-9-7-17(3)8-10-22/h7-10,13-14,19,27H,5-6,11-12,15-16H2,1-4H3;7-10,13-14,19,27H,5-6,11-12,15-16H2,1-4H3. The third kappa shape index (κ3) is 11.8. The summed E-state index contributed by atoms with van der Waals surface area (Å²) in [5.74, 6) is 2.35. The van der Waals surface area contributed by atoms with E-state index in [9.17, 15) is 24.0 Å². The van der Waals surface area contributed by atoms with Crippen LogP contribution < -0.4 is 0 Å². The molecule has 0 amide bonds. The maximum atomic E-state index is 13.1. The Morgan fingerprint density at radius 2 is 0.949 bits per heavy atom. The van der Waals surface area contributed by atoms with Crippen LogP contribution >= 0.6 is 11.8 Å². The molecule has 0 fully saturated rings. The molecule has 0 spiro atoms. The molecule has 0 aromatic heterocycles. The molecular formula is C52H64O5S2. The van der Waals surface area contributed by atoms with Crippen LogP contribution in [0, 0.1) is 39.5 Å². The summed E-state index contributed by atoms with van der Waals surface area (Å²) in [6, 6.07) is 24.9. The number of allylic oxidation sites excluding steroid dienone is 4. The van der Waals surface area contributed by atoms with Gasteiger partial charge in [0, 0.05) is 41.2 Å². The van der Waals surface area contributed by atoms with Gasteiger partial charge in [0.25, 0.3) is 0 Å². The van der Waals surface area contributed by atoms with Crippen LogP contribution in [0.15, 0.2) is 94.1 Å². The number of thioether (sulfide) groups is 1. The summed E-state index contributed by atoms with van der Waals surface area (Å²) in [5.41, 5.74) is 12.4. The quantitative estimate of drug-likeness (QED) is 0.123. The van der Waals surface area contributed by atoms with Crippen molar-refractivity contribution in [3.63, 3.8) is 0 Å². The van der Waals surface area contributed by atoms with Gasteiger partial charge >= 0.3 is 0 Å². The van der Waals surface area contributed by atoms with Crippen LogP contribution in [0.4, 0.5) is 0 Å². The van der Waals surface area contributed by atoms with Gasteiger partial charge in [-0.05, 0) is 141 Å². The van der Waals surface area contributed by atoms with Gasteiger partial charge in [-0.2, -0.15) is 0 Å². The number of aliphatic hydroxyl groups excluding tert-OH is 2. The van der Waals surface area contributed by atoms with E-state index in [0.717, 1.165) is 70.6 Å². The normalized spacial score (nSPS) is 17.6. The highest BCUT2D eigenvalue weighted by molar-refractivity contribution is 7.99. The van der Waals surface area contributed by atoms with Crippen molar-refractivity contribution in [1.82, 2.24) is 0 Å². The Labute approximate surface area is 360 Å².